The number of hydrogen-bond donors (Lipinski definition) is 1. The highest BCUT2D eigenvalue weighted by atomic mass is 35.5. The number of rotatable bonds is 3. The highest BCUT2D eigenvalue weighted by Crippen LogP contribution is 2.31. The molecule has 0 bridgehead atoms. The molecule has 1 atom stereocenters. The van der Waals surface area contributed by atoms with Crippen LogP contribution < -0.4 is 0 Å². The lowest BCUT2D eigenvalue weighted by Crippen LogP contribution is -2.30. The number of aliphatic hydroxyl groups excluding tert-OH is 1. The van der Waals surface area contributed by atoms with E-state index in [9.17, 15) is 5.11 Å². The Morgan fingerprint density at radius 2 is 1.61 bits per heavy atom. The van der Waals surface area contributed by atoms with E-state index in [2.05, 4.69) is 41.3 Å². The fourth-order valence-electron chi connectivity index (χ4n) is 3.50. The third kappa shape index (κ3) is 2.86. The van der Waals surface area contributed by atoms with Crippen molar-refractivity contribution < 1.29 is 5.11 Å². The average molecular weight is 324 g/mol. The van der Waals surface area contributed by atoms with E-state index in [-0.39, 0.29) is 0 Å². The largest absolute Gasteiger partial charge is 0.387 e. The first kappa shape index (κ1) is 14.7. The minimum Gasteiger partial charge on any atom is -0.387 e. The standard InChI is InChI=1S/C20H18ClNO/c21-18-9-3-6-15(10-18)19(23)13-22-11-16-7-1-4-14-5-2-8-17(12-22)20(14)16/h1-10,19,23H,11-13H2. The van der Waals surface area contributed by atoms with Gasteiger partial charge in [-0.25, -0.2) is 0 Å². The highest BCUT2D eigenvalue weighted by Gasteiger charge is 2.21. The van der Waals surface area contributed by atoms with Crippen LogP contribution in [0.5, 0.6) is 0 Å². The van der Waals surface area contributed by atoms with Crippen LogP contribution in [0.25, 0.3) is 10.8 Å². The Kier molecular flexibility index (Phi) is 3.82. The summed E-state index contributed by atoms with van der Waals surface area (Å²) in [6, 6.07) is 20.4. The maximum absolute atomic E-state index is 10.5. The predicted molar refractivity (Wildman–Crippen MR) is 94.5 cm³/mol. The molecule has 1 heterocycles. The molecule has 116 valence electrons. The number of aliphatic hydroxyl groups is 1. The van der Waals surface area contributed by atoms with E-state index in [1.54, 1.807) is 0 Å². The SMILES string of the molecule is OC(CN1Cc2cccc3cccc(c23)C1)c1cccc(Cl)c1. The van der Waals surface area contributed by atoms with E-state index in [1.807, 2.05) is 24.3 Å². The summed E-state index contributed by atoms with van der Waals surface area (Å²) in [4.78, 5) is 2.29. The van der Waals surface area contributed by atoms with Gasteiger partial charge in [-0.2, -0.15) is 0 Å². The summed E-state index contributed by atoms with van der Waals surface area (Å²) in [7, 11) is 0. The second kappa shape index (κ2) is 5.97. The summed E-state index contributed by atoms with van der Waals surface area (Å²) in [5.74, 6) is 0. The summed E-state index contributed by atoms with van der Waals surface area (Å²) < 4.78 is 0. The zero-order valence-corrected chi connectivity index (χ0v) is 13.5. The summed E-state index contributed by atoms with van der Waals surface area (Å²) in [5, 5.41) is 13.9. The van der Waals surface area contributed by atoms with Gasteiger partial charge in [-0.15, -0.1) is 0 Å². The van der Waals surface area contributed by atoms with Crippen LogP contribution >= 0.6 is 11.6 Å². The van der Waals surface area contributed by atoms with Crippen LogP contribution in [0.15, 0.2) is 60.7 Å². The van der Waals surface area contributed by atoms with Crippen LogP contribution in [-0.2, 0) is 13.1 Å². The highest BCUT2D eigenvalue weighted by molar-refractivity contribution is 6.30. The van der Waals surface area contributed by atoms with Crippen LogP contribution in [0.2, 0.25) is 5.02 Å². The lowest BCUT2D eigenvalue weighted by Gasteiger charge is -2.30. The van der Waals surface area contributed by atoms with Crippen molar-refractivity contribution in [3.8, 4) is 0 Å². The van der Waals surface area contributed by atoms with Gasteiger partial charge in [0.1, 0.15) is 0 Å². The Morgan fingerprint density at radius 3 is 2.26 bits per heavy atom. The number of halogens is 1. The number of hydrogen-bond acceptors (Lipinski definition) is 2. The Morgan fingerprint density at radius 1 is 0.957 bits per heavy atom. The lowest BCUT2D eigenvalue weighted by atomic mass is 9.95. The van der Waals surface area contributed by atoms with Crippen molar-refractivity contribution in [1.82, 2.24) is 4.90 Å². The summed E-state index contributed by atoms with van der Waals surface area (Å²) >= 11 is 6.03. The van der Waals surface area contributed by atoms with Gasteiger partial charge in [-0.05, 0) is 39.6 Å². The van der Waals surface area contributed by atoms with Gasteiger partial charge in [0.05, 0.1) is 6.10 Å². The van der Waals surface area contributed by atoms with Crippen molar-refractivity contribution >= 4 is 22.4 Å². The first-order valence-corrected chi connectivity index (χ1v) is 8.24. The Balaban J connectivity index is 1.58. The lowest BCUT2D eigenvalue weighted by molar-refractivity contribution is 0.104. The molecule has 0 aliphatic carbocycles. The first-order chi connectivity index (χ1) is 11.2. The number of β-amino-alcohol motifs (C(OH)–C–C–N with tert-alkyl or cyclic N) is 1. The fraction of sp³-hybridized carbons (Fsp3) is 0.200. The second-order valence-corrected chi connectivity index (χ2v) is 6.61. The minimum absolute atomic E-state index is 0.529. The zero-order chi connectivity index (χ0) is 15.8. The molecule has 1 N–H and O–H groups in total. The van der Waals surface area contributed by atoms with E-state index in [1.165, 1.54) is 21.9 Å². The summed E-state index contributed by atoms with van der Waals surface area (Å²) in [6.07, 6.45) is -0.529. The van der Waals surface area contributed by atoms with Crippen molar-refractivity contribution in [1.29, 1.82) is 0 Å². The van der Waals surface area contributed by atoms with Crippen LogP contribution in [0.3, 0.4) is 0 Å². The first-order valence-electron chi connectivity index (χ1n) is 7.86. The smallest absolute Gasteiger partial charge is 0.0917 e. The fourth-order valence-corrected chi connectivity index (χ4v) is 3.69. The Labute approximate surface area is 140 Å². The molecule has 0 amide bonds. The van der Waals surface area contributed by atoms with Gasteiger partial charge in [0.15, 0.2) is 0 Å². The third-order valence-electron chi connectivity index (χ3n) is 4.53. The van der Waals surface area contributed by atoms with E-state index < -0.39 is 6.10 Å². The topological polar surface area (TPSA) is 23.5 Å². The molecule has 0 saturated heterocycles. The van der Waals surface area contributed by atoms with Crippen LogP contribution in [-0.4, -0.2) is 16.6 Å². The molecule has 3 aromatic carbocycles. The van der Waals surface area contributed by atoms with Crippen molar-refractivity contribution in [2.45, 2.75) is 19.2 Å². The van der Waals surface area contributed by atoms with E-state index >= 15 is 0 Å². The van der Waals surface area contributed by atoms with Gasteiger partial charge in [0, 0.05) is 24.7 Å². The monoisotopic (exact) mass is 323 g/mol. The van der Waals surface area contributed by atoms with E-state index in [0.29, 0.717) is 11.6 Å². The van der Waals surface area contributed by atoms with Crippen molar-refractivity contribution in [3.63, 3.8) is 0 Å². The van der Waals surface area contributed by atoms with Crippen molar-refractivity contribution in [2.75, 3.05) is 6.54 Å². The molecule has 0 spiro atoms. The minimum atomic E-state index is -0.529. The molecule has 0 saturated carbocycles. The molecular weight excluding hydrogens is 306 g/mol. The normalized spacial score (nSPS) is 15.7. The summed E-state index contributed by atoms with van der Waals surface area (Å²) in [6.45, 7) is 2.34. The van der Waals surface area contributed by atoms with Gasteiger partial charge in [-0.1, -0.05) is 60.1 Å². The molecule has 0 radical (unpaired) electrons. The van der Waals surface area contributed by atoms with Crippen LogP contribution in [0.4, 0.5) is 0 Å². The van der Waals surface area contributed by atoms with Crippen molar-refractivity contribution in [3.05, 3.63) is 82.4 Å². The van der Waals surface area contributed by atoms with Crippen LogP contribution in [0.1, 0.15) is 22.8 Å². The van der Waals surface area contributed by atoms with Gasteiger partial charge in [-0.3, -0.25) is 4.90 Å². The van der Waals surface area contributed by atoms with Gasteiger partial charge < -0.3 is 5.11 Å². The molecule has 1 aliphatic heterocycles. The predicted octanol–water partition coefficient (Wildman–Crippen LogP) is 4.54. The summed E-state index contributed by atoms with van der Waals surface area (Å²) in [5.41, 5.74) is 3.54. The van der Waals surface area contributed by atoms with Crippen molar-refractivity contribution in [2.24, 2.45) is 0 Å². The molecule has 1 aliphatic rings. The number of benzene rings is 3. The van der Waals surface area contributed by atoms with Gasteiger partial charge in [0.2, 0.25) is 0 Å². The molecule has 4 rings (SSSR count). The molecule has 1 unspecified atom stereocenters. The van der Waals surface area contributed by atoms with Gasteiger partial charge in [0.25, 0.3) is 0 Å². The number of nitrogens with zero attached hydrogens (tertiary/aromatic N) is 1. The van der Waals surface area contributed by atoms with E-state index in [4.69, 9.17) is 11.6 Å². The van der Waals surface area contributed by atoms with Crippen LogP contribution in [0, 0.1) is 0 Å². The molecule has 0 fully saturated rings. The molecule has 2 nitrogen and oxygen atoms in total. The van der Waals surface area contributed by atoms with Gasteiger partial charge >= 0.3 is 0 Å². The quantitative estimate of drug-likeness (QED) is 0.764. The Bertz CT molecular complexity index is 820. The van der Waals surface area contributed by atoms with E-state index in [0.717, 1.165) is 18.7 Å². The third-order valence-corrected chi connectivity index (χ3v) is 4.76. The zero-order valence-electron chi connectivity index (χ0n) is 12.7. The molecular formula is C20H18ClNO. The maximum Gasteiger partial charge on any atom is 0.0917 e. The molecule has 23 heavy (non-hydrogen) atoms. The molecule has 3 heteroatoms. The maximum atomic E-state index is 10.5. The Hall–Kier alpha value is -1.87. The molecule has 0 aromatic heterocycles. The average Bonchev–Trinajstić information content (AvgIpc) is 2.55. The second-order valence-electron chi connectivity index (χ2n) is 6.17. The molecule has 3 aromatic rings.